The Hall–Kier alpha value is -1.81. The number of methoxy groups -OCH3 is 1. The molecule has 3 fully saturated rings. The first kappa shape index (κ1) is 19.5. The summed E-state index contributed by atoms with van der Waals surface area (Å²) in [7, 11) is 1.69. The van der Waals surface area contributed by atoms with Crippen LogP contribution >= 0.6 is 0 Å². The van der Waals surface area contributed by atoms with Gasteiger partial charge in [0.1, 0.15) is 17.8 Å². The number of carbonyl (C=O) groups excluding carboxylic acids is 1. The number of rotatable bonds is 6. The third-order valence-corrected chi connectivity index (χ3v) is 7.54. The van der Waals surface area contributed by atoms with Gasteiger partial charge in [-0.3, -0.25) is 4.79 Å². The standard InChI is InChI=1S/C24H33NO3/c1-16-5-4-11-24(2)14-22-19(13-21(16)24)20(23(26)28-22)15-25-12-10-17-6-8-18(27-3)9-7-17/h6-9,19-22,25H,1,4-5,10-15H2,2-3H3/p+1/t19-,20-,21-,22-,24-/m1/s1. The van der Waals surface area contributed by atoms with Crippen molar-refractivity contribution in [2.75, 3.05) is 20.2 Å². The molecule has 1 aromatic carbocycles. The first-order chi connectivity index (χ1) is 13.5. The Bertz CT molecular complexity index is 728. The minimum absolute atomic E-state index is 0.0311. The van der Waals surface area contributed by atoms with Crippen molar-refractivity contribution in [3.63, 3.8) is 0 Å². The molecule has 152 valence electrons. The van der Waals surface area contributed by atoms with Crippen LogP contribution in [0.25, 0.3) is 0 Å². The molecule has 0 spiro atoms. The molecule has 2 N–H and O–H groups in total. The van der Waals surface area contributed by atoms with Gasteiger partial charge in [-0.1, -0.05) is 31.2 Å². The van der Waals surface area contributed by atoms with Gasteiger partial charge in [0.05, 0.1) is 20.2 Å². The normalized spacial score (nSPS) is 34.5. The predicted octanol–water partition coefficient (Wildman–Crippen LogP) is 3.12. The lowest BCUT2D eigenvalue weighted by Crippen LogP contribution is -2.86. The van der Waals surface area contributed by atoms with Gasteiger partial charge in [-0.05, 0) is 61.1 Å². The van der Waals surface area contributed by atoms with Gasteiger partial charge in [-0.25, -0.2) is 0 Å². The van der Waals surface area contributed by atoms with Crippen molar-refractivity contribution in [2.45, 2.75) is 51.6 Å². The molecule has 0 unspecified atom stereocenters. The third-order valence-electron chi connectivity index (χ3n) is 7.54. The fourth-order valence-corrected chi connectivity index (χ4v) is 5.88. The molecule has 4 rings (SSSR count). The quantitative estimate of drug-likeness (QED) is 0.466. The van der Waals surface area contributed by atoms with E-state index < -0.39 is 0 Å². The van der Waals surface area contributed by atoms with Crippen molar-refractivity contribution < 1.29 is 19.6 Å². The predicted molar refractivity (Wildman–Crippen MR) is 109 cm³/mol. The van der Waals surface area contributed by atoms with Gasteiger partial charge in [-0.15, -0.1) is 0 Å². The van der Waals surface area contributed by atoms with Crippen LogP contribution in [0, 0.1) is 23.2 Å². The molecule has 1 aromatic rings. The summed E-state index contributed by atoms with van der Waals surface area (Å²) < 4.78 is 11.1. The van der Waals surface area contributed by atoms with E-state index >= 15 is 0 Å². The van der Waals surface area contributed by atoms with E-state index in [9.17, 15) is 4.79 Å². The van der Waals surface area contributed by atoms with E-state index in [1.165, 1.54) is 24.0 Å². The lowest BCUT2D eigenvalue weighted by atomic mass is 9.55. The van der Waals surface area contributed by atoms with Crippen molar-refractivity contribution in [1.82, 2.24) is 0 Å². The van der Waals surface area contributed by atoms with Crippen LogP contribution in [0.1, 0.15) is 44.6 Å². The maximum absolute atomic E-state index is 12.6. The zero-order valence-corrected chi connectivity index (χ0v) is 17.3. The number of esters is 1. The molecule has 1 aliphatic heterocycles. The molecule has 1 saturated heterocycles. The zero-order valence-electron chi connectivity index (χ0n) is 17.3. The average Bonchev–Trinajstić information content (AvgIpc) is 2.98. The lowest BCUT2D eigenvalue weighted by molar-refractivity contribution is -0.658. The maximum Gasteiger partial charge on any atom is 0.315 e. The second-order valence-corrected chi connectivity index (χ2v) is 9.32. The molecule has 0 aromatic heterocycles. The van der Waals surface area contributed by atoms with Crippen LogP contribution in [0.15, 0.2) is 36.4 Å². The van der Waals surface area contributed by atoms with Crippen molar-refractivity contribution >= 4 is 5.97 Å². The number of quaternary nitrogens is 1. The van der Waals surface area contributed by atoms with Crippen LogP contribution in [0.2, 0.25) is 0 Å². The van der Waals surface area contributed by atoms with E-state index in [1.54, 1.807) is 7.11 Å². The summed E-state index contributed by atoms with van der Waals surface area (Å²) in [6.07, 6.45) is 6.87. The first-order valence-corrected chi connectivity index (χ1v) is 10.8. The Labute approximate surface area is 168 Å². The Balaban J connectivity index is 1.32. The summed E-state index contributed by atoms with van der Waals surface area (Å²) in [6, 6.07) is 8.24. The Morgan fingerprint density at radius 2 is 2.11 bits per heavy atom. The summed E-state index contributed by atoms with van der Waals surface area (Å²) in [6.45, 7) is 8.60. The van der Waals surface area contributed by atoms with Gasteiger partial charge in [-0.2, -0.15) is 0 Å². The highest BCUT2D eigenvalue weighted by atomic mass is 16.6. The van der Waals surface area contributed by atoms with Crippen LogP contribution < -0.4 is 10.1 Å². The molecule has 0 amide bonds. The molecule has 3 aliphatic rings. The highest BCUT2D eigenvalue weighted by Gasteiger charge is 2.55. The number of allylic oxidation sites excluding steroid dienone is 1. The number of benzene rings is 1. The van der Waals surface area contributed by atoms with Gasteiger partial charge in [0.15, 0.2) is 0 Å². The molecular formula is C24H34NO3+. The third kappa shape index (κ3) is 3.71. The molecule has 0 radical (unpaired) electrons. The second kappa shape index (κ2) is 7.90. The number of nitrogens with two attached hydrogens (primary N) is 1. The van der Waals surface area contributed by atoms with Crippen molar-refractivity contribution in [3.8, 4) is 5.75 Å². The molecule has 4 heteroatoms. The van der Waals surface area contributed by atoms with Crippen molar-refractivity contribution in [3.05, 3.63) is 42.0 Å². The SMILES string of the molecule is C=C1CCC[C@]2(C)C[C@H]3OC(=O)[C@H](C[NH2+]CCc4ccc(OC)cc4)[C@H]3C[C@H]12. The minimum Gasteiger partial charge on any atom is -0.497 e. The van der Waals surface area contributed by atoms with Crippen molar-refractivity contribution in [1.29, 1.82) is 0 Å². The smallest absolute Gasteiger partial charge is 0.315 e. The Kier molecular flexibility index (Phi) is 5.50. The summed E-state index contributed by atoms with van der Waals surface area (Å²) >= 11 is 0. The van der Waals surface area contributed by atoms with E-state index in [4.69, 9.17) is 9.47 Å². The summed E-state index contributed by atoms with van der Waals surface area (Å²) in [5, 5.41) is 2.29. The molecule has 0 bridgehead atoms. The van der Waals surface area contributed by atoms with Crippen LogP contribution in [0.3, 0.4) is 0 Å². The number of ether oxygens (including phenoxy) is 2. The van der Waals surface area contributed by atoms with E-state index in [-0.39, 0.29) is 23.4 Å². The molecule has 2 saturated carbocycles. The highest BCUT2D eigenvalue weighted by Crippen LogP contribution is 2.56. The molecule has 4 nitrogen and oxygen atoms in total. The van der Waals surface area contributed by atoms with E-state index in [0.717, 1.165) is 44.5 Å². The Morgan fingerprint density at radius 1 is 1.32 bits per heavy atom. The molecule has 2 aliphatic carbocycles. The van der Waals surface area contributed by atoms with E-state index in [2.05, 4.69) is 31.0 Å². The van der Waals surface area contributed by atoms with Gasteiger partial charge in [0.25, 0.3) is 0 Å². The summed E-state index contributed by atoms with van der Waals surface area (Å²) in [4.78, 5) is 12.6. The van der Waals surface area contributed by atoms with Crippen LogP contribution in [0.4, 0.5) is 0 Å². The fraction of sp³-hybridized carbons (Fsp3) is 0.625. The lowest BCUT2D eigenvalue weighted by Gasteiger charge is -2.49. The minimum atomic E-state index is 0.0311. The largest absolute Gasteiger partial charge is 0.497 e. The summed E-state index contributed by atoms with van der Waals surface area (Å²) in [5.74, 6) is 1.90. The van der Waals surface area contributed by atoms with Crippen LogP contribution in [-0.4, -0.2) is 32.3 Å². The average molecular weight is 385 g/mol. The first-order valence-electron chi connectivity index (χ1n) is 10.8. The van der Waals surface area contributed by atoms with Gasteiger partial charge in [0.2, 0.25) is 0 Å². The number of hydrogen-bond acceptors (Lipinski definition) is 3. The fourth-order valence-electron chi connectivity index (χ4n) is 5.88. The number of fused-ring (bicyclic) bond motifs is 2. The molecule has 5 atom stereocenters. The Morgan fingerprint density at radius 3 is 2.86 bits per heavy atom. The summed E-state index contributed by atoms with van der Waals surface area (Å²) in [5.41, 5.74) is 2.99. The highest BCUT2D eigenvalue weighted by molar-refractivity contribution is 5.75. The van der Waals surface area contributed by atoms with E-state index in [1.807, 2.05) is 12.1 Å². The van der Waals surface area contributed by atoms with E-state index in [0.29, 0.717) is 11.8 Å². The second-order valence-electron chi connectivity index (χ2n) is 9.32. The molecule has 28 heavy (non-hydrogen) atoms. The number of hydrogen-bond donors (Lipinski definition) is 1. The number of carbonyl (C=O) groups is 1. The van der Waals surface area contributed by atoms with Gasteiger partial charge >= 0.3 is 5.97 Å². The molecule has 1 heterocycles. The van der Waals surface area contributed by atoms with Crippen molar-refractivity contribution in [2.24, 2.45) is 23.2 Å². The van der Waals surface area contributed by atoms with Crippen LogP contribution in [-0.2, 0) is 16.0 Å². The zero-order chi connectivity index (χ0) is 19.7. The van der Waals surface area contributed by atoms with Gasteiger partial charge in [0, 0.05) is 12.3 Å². The molecular weight excluding hydrogens is 350 g/mol. The monoisotopic (exact) mass is 384 g/mol. The topological polar surface area (TPSA) is 52.1 Å². The van der Waals surface area contributed by atoms with Gasteiger partial charge < -0.3 is 14.8 Å². The maximum atomic E-state index is 12.6. The van der Waals surface area contributed by atoms with Crippen LogP contribution in [0.5, 0.6) is 5.75 Å².